The molecule has 1 saturated heterocycles. The number of hydrogen-bond acceptors (Lipinski definition) is 7. The van der Waals surface area contributed by atoms with Gasteiger partial charge in [0.05, 0.1) is 23.8 Å². The van der Waals surface area contributed by atoms with Gasteiger partial charge in [-0.2, -0.15) is 0 Å². The lowest BCUT2D eigenvalue weighted by atomic mass is 9.74. The molecular formula is C26H32ClN3O3S. The number of nitrogens with zero attached hydrogens (tertiary/aromatic N) is 3. The Hall–Kier alpha value is -1.90. The summed E-state index contributed by atoms with van der Waals surface area (Å²) in [7, 11) is 1.62. The van der Waals surface area contributed by atoms with Crippen LogP contribution in [0.4, 0.5) is 0 Å². The SMILES string of the molecule is COc1ccc2ncc(Cl)c([C@@H](O)CCC3(CO)CCN(CCSc4ccncc4)CC3)c2c1. The van der Waals surface area contributed by atoms with Crippen molar-refractivity contribution in [1.82, 2.24) is 14.9 Å². The van der Waals surface area contributed by atoms with Gasteiger partial charge in [-0.1, -0.05) is 11.6 Å². The molecule has 0 radical (unpaired) electrons. The van der Waals surface area contributed by atoms with Crippen LogP contribution in [0.15, 0.2) is 53.8 Å². The smallest absolute Gasteiger partial charge is 0.119 e. The summed E-state index contributed by atoms with van der Waals surface area (Å²) in [6.45, 7) is 3.09. The molecule has 4 rings (SSSR count). The summed E-state index contributed by atoms with van der Waals surface area (Å²) in [5.74, 6) is 1.73. The first-order chi connectivity index (χ1) is 16.5. The highest BCUT2D eigenvalue weighted by molar-refractivity contribution is 7.99. The van der Waals surface area contributed by atoms with Crippen LogP contribution in [0.2, 0.25) is 5.02 Å². The zero-order chi connectivity index (χ0) is 24.0. The van der Waals surface area contributed by atoms with Crippen LogP contribution in [0.1, 0.15) is 37.4 Å². The molecule has 0 aliphatic carbocycles. The van der Waals surface area contributed by atoms with Crippen LogP contribution in [0.3, 0.4) is 0 Å². The highest BCUT2D eigenvalue weighted by Gasteiger charge is 2.34. The number of fused-ring (bicyclic) bond motifs is 1. The van der Waals surface area contributed by atoms with E-state index in [0.717, 1.165) is 55.6 Å². The molecule has 0 bridgehead atoms. The van der Waals surface area contributed by atoms with Crippen molar-refractivity contribution >= 4 is 34.3 Å². The maximum Gasteiger partial charge on any atom is 0.119 e. The van der Waals surface area contributed by atoms with Gasteiger partial charge in [0.2, 0.25) is 0 Å². The lowest BCUT2D eigenvalue weighted by Gasteiger charge is -2.41. The zero-order valence-corrected chi connectivity index (χ0v) is 21.1. The van der Waals surface area contributed by atoms with Crippen molar-refractivity contribution in [3.05, 3.63) is 59.5 Å². The van der Waals surface area contributed by atoms with Crippen molar-refractivity contribution in [2.75, 3.05) is 39.1 Å². The molecule has 6 nitrogen and oxygen atoms in total. The van der Waals surface area contributed by atoms with Crippen LogP contribution in [-0.4, -0.2) is 64.2 Å². The van der Waals surface area contributed by atoms with E-state index in [1.807, 2.05) is 54.5 Å². The Morgan fingerprint density at radius 3 is 2.68 bits per heavy atom. The van der Waals surface area contributed by atoms with E-state index in [4.69, 9.17) is 16.3 Å². The lowest BCUT2D eigenvalue weighted by molar-refractivity contribution is 0.0254. The highest BCUT2D eigenvalue weighted by Crippen LogP contribution is 2.40. The fourth-order valence-electron chi connectivity index (χ4n) is 4.69. The van der Waals surface area contributed by atoms with Gasteiger partial charge in [0, 0.05) is 53.3 Å². The van der Waals surface area contributed by atoms with Crippen LogP contribution >= 0.6 is 23.4 Å². The van der Waals surface area contributed by atoms with Gasteiger partial charge < -0.3 is 19.8 Å². The average molecular weight is 502 g/mol. The number of aromatic nitrogens is 2. The molecule has 0 amide bonds. The van der Waals surface area contributed by atoms with Crippen molar-refractivity contribution in [3.8, 4) is 5.75 Å². The van der Waals surface area contributed by atoms with E-state index in [0.29, 0.717) is 22.8 Å². The standard InChI is InChI=1S/C26H32ClN3O3S/c1-33-19-2-3-23-21(16-19)25(22(27)17-29-23)24(32)4-7-26(18-31)8-12-30(13-9-26)14-15-34-20-5-10-28-11-6-20/h2-3,5-6,10-11,16-17,24,31-32H,4,7-9,12-15,18H2,1H3/t24-/m0/s1. The van der Waals surface area contributed by atoms with E-state index in [1.54, 1.807) is 13.3 Å². The zero-order valence-electron chi connectivity index (χ0n) is 19.5. The molecule has 1 fully saturated rings. The minimum atomic E-state index is -0.733. The topological polar surface area (TPSA) is 78.7 Å². The highest BCUT2D eigenvalue weighted by atomic mass is 35.5. The van der Waals surface area contributed by atoms with Crippen molar-refractivity contribution in [2.24, 2.45) is 5.41 Å². The third kappa shape index (κ3) is 6.01. The Bertz CT molecular complexity index is 1080. The van der Waals surface area contributed by atoms with Gasteiger partial charge in [-0.05, 0) is 74.5 Å². The first-order valence-electron chi connectivity index (χ1n) is 11.7. The summed E-state index contributed by atoms with van der Waals surface area (Å²) in [6.07, 6.45) is 7.64. The van der Waals surface area contributed by atoms with Crippen molar-refractivity contribution in [3.63, 3.8) is 0 Å². The van der Waals surface area contributed by atoms with Gasteiger partial charge in [0.1, 0.15) is 5.75 Å². The number of benzene rings is 1. The van der Waals surface area contributed by atoms with Gasteiger partial charge >= 0.3 is 0 Å². The molecule has 0 spiro atoms. The average Bonchev–Trinajstić information content (AvgIpc) is 2.88. The molecule has 2 N–H and O–H groups in total. The second kappa shape index (κ2) is 11.7. The molecule has 3 aromatic rings. The van der Waals surface area contributed by atoms with E-state index < -0.39 is 6.10 Å². The molecule has 182 valence electrons. The number of hydrogen-bond donors (Lipinski definition) is 2. The maximum absolute atomic E-state index is 11.1. The number of likely N-dealkylation sites (tertiary alicyclic amines) is 1. The molecule has 8 heteroatoms. The number of piperidine rings is 1. The second-order valence-corrected chi connectivity index (χ2v) is 10.6. The summed E-state index contributed by atoms with van der Waals surface area (Å²) in [6, 6.07) is 9.67. The fraction of sp³-hybridized carbons (Fsp3) is 0.462. The number of rotatable bonds is 10. The molecule has 0 unspecified atom stereocenters. The van der Waals surface area contributed by atoms with Crippen LogP contribution in [-0.2, 0) is 0 Å². The molecule has 1 atom stereocenters. The molecule has 34 heavy (non-hydrogen) atoms. The number of ether oxygens (including phenoxy) is 1. The molecule has 0 saturated carbocycles. The summed E-state index contributed by atoms with van der Waals surface area (Å²) in [4.78, 5) is 12.2. The normalized spacial score (nSPS) is 17.1. The third-order valence-electron chi connectivity index (χ3n) is 6.93. The molecule has 1 aliphatic rings. The van der Waals surface area contributed by atoms with Gasteiger partial charge in [0.25, 0.3) is 0 Å². The summed E-state index contributed by atoms with van der Waals surface area (Å²) >= 11 is 8.32. The maximum atomic E-state index is 11.1. The Morgan fingerprint density at radius 1 is 1.21 bits per heavy atom. The van der Waals surface area contributed by atoms with E-state index in [-0.39, 0.29) is 12.0 Å². The largest absolute Gasteiger partial charge is 0.497 e. The van der Waals surface area contributed by atoms with Crippen LogP contribution in [0, 0.1) is 5.41 Å². The predicted molar refractivity (Wildman–Crippen MR) is 138 cm³/mol. The van der Waals surface area contributed by atoms with E-state index in [2.05, 4.69) is 14.9 Å². The lowest BCUT2D eigenvalue weighted by Crippen LogP contribution is -2.43. The van der Waals surface area contributed by atoms with Gasteiger partial charge in [-0.3, -0.25) is 9.97 Å². The Morgan fingerprint density at radius 2 is 1.97 bits per heavy atom. The number of pyridine rings is 2. The van der Waals surface area contributed by atoms with Crippen LogP contribution < -0.4 is 4.74 Å². The molecular weight excluding hydrogens is 470 g/mol. The Kier molecular flexibility index (Phi) is 8.66. The van der Waals surface area contributed by atoms with Gasteiger partial charge in [-0.25, -0.2) is 0 Å². The first-order valence-corrected chi connectivity index (χ1v) is 13.1. The minimum absolute atomic E-state index is 0.137. The number of halogens is 1. The number of aliphatic hydroxyl groups is 2. The van der Waals surface area contributed by atoms with Crippen molar-refractivity contribution < 1.29 is 14.9 Å². The second-order valence-electron chi connectivity index (χ2n) is 8.99. The molecule has 1 aliphatic heterocycles. The van der Waals surface area contributed by atoms with Crippen LogP contribution in [0.25, 0.3) is 10.9 Å². The van der Waals surface area contributed by atoms with E-state index in [1.165, 1.54) is 4.90 Å². The van der Waals surface area contributed by atoms with Crippen molar-refractivity contribution in [1.29, 1.82) is 0 Å². The summed E-state index contributed by atoms with van der Waals surface area (Å²) < 4.78 is 5.35. The third-order valence-corrected chi connectivity index (χ3v) is 8.22. The first kappa shape index (κ1) is 25.2. The van der Waals surface area contributed by atoms with E-state index in [9.17, 15) is 10.2 Å². The van der Waals surface area contributed by atoms with Gasteiger partial charge in [-0.15, -0.1) is 11.8 Å². The number of thioether (sulfide) groups is 1. The molecule has 3 heterocycles. The fourth-order valence-corrected chi connectivity index (χ4v) is 5.86. The Labute approximate surface area is 210 Å². The van der Waals surface area contributed by atoms with E-state index >= 15 is 0 Å². The predicted octanol–water partition coefficient (Wildman–Crippen LogP) is 4.97. The number of aliphatic hydroxyl groups excluding tert-OH is 2. The summed E-state index contributed by atoms with van der Waals surface area (Å²) in [5.41, 5.74) is 1.29. The Balaban J connectivity index is 1.34. The van der Waals surface area contributed by atoms with Crippen molar-refractivity contribution in [2.45, 2.75) is 36.7 Å². The van der Waals surface area contributed by atoms with Crippen LogP contribution in [0.5, 0.6) is 5.75 Å². The summed E-state index contributed by atoms with van der Waals surface area (Å²) in [5, 5.41) is 22.7. The van der Waals surface area contributed by atoms with Gasteiger partial charge in [0.15, 0.2) is 0 Å². The minimum Gasteiger partial charge on any atom is -0.497 e. The molecule has 1 aromatic carbocycles. The number of methoxy groups -OCH3 is 1. The monoisotopic (exact) mass is 501 g/mol. The quantitative estimate of drug-likeness (QED) is 0.379. The molecule has 2 aromatic heterocycles.